The number of para-hydroxylation sites is 1. The molecule has 0 unspecified atom stereocenters. The normalized spacial score (nSPS) is 11.9. The molecule has 0 saturated carbocycles. The SMILES string of the molecule is c1ccc2cc(-c3ccc(-n4c5ccccc5c5c6ccccc6c6c7ccccc7ccc6c54)cc3)ccc2c1. The van der Waals surface area contributed by atoms with Crippen molar-refractivity contribution in [3.05, 3.63) is 152 Å². The standard InChI is InChI=1S/C40H25N/c1-2-11-29-25-30(18-17-26(29)9-1)27-19-22-31(23-20-27)41-37-16-8-7-15-35(37)39-34-14-6-5-13-33(34)38-32-12-4-3-10-28(32)21-24-36(38)40(39)41/h1-25H. The fraction of sp³-hybridized carbons (Fsp3) is 0. The Morgan fingerprint density at radius 3 is 1.73 bits per heavy atom. The molecule has 1 heteroatoms. The van der Waals surface area contributed by atoms with E-state index < -0.39 is 0 Å². The lowest BCUT2D eigenvalue weighted by atomic mass is 9.93. The topological polar surface area (TPSA) is 4.93 Å². The third-order valence-electron chi connectivity index (χ3n) is 8.73. The van der Waals surface area contributed by atoms with Gasteiger partial charge in [-0.2, -0.15) is 0 Å². The molecule has 9 rings (SSSR count). The van der Waals surface area contributed by atoms with E-state index in [0.29, 0.717) is 0 Å². The maximum atomic E-state index is 2.47. The van der Waals surface area contributed by atoms with Crippen LogP contribution < -0.4 is 0 Å². The Labute approximate surface area is 237 Å². The first-order chi connectivity index (χ1) is 20.3. The predicted molar refractivity (Wildman–Crippen MR) is 176 cm³/mol. The molecular weight excluding hydrogens is 494 g/mol. The quantitative estimate of drug-likeness (QED) is 0.200. The Morgan fingerprint density at radius 1 is 0.341 bits per heavy atom. The molecule has 9 aromatic rings. The molecule has 190 valence electrons. The molecule has 0 radical (unpaired) electrons. The first-order valence-corrected chi connectivity index (χ1v) is 14.2. The van der Waals surface area contributed by atoms with Gasteiger partial charge in [0.25, 0.3) is 0 Å². The highest BCUT2D eigenvalue weighted by atomic mass is 15.0. The van der Waals surface area contributed by atoms with Gasteiger partial charge in [-0.3, -0.25) is 0 Å². The summed E-state index contributed by atoms with van der Waals surface area (Å²) in [5.41, 5.74) is 6.13. The molecule has 1 nitrogen and oxygen atoms in total. The van der Waals surface area contributed by atoms with E-state index in [4.69, 9.17) is 0 Å². The third kappa shape index (κ3) is 3.24. The summed E-state index contributed by atoms with van der Waals surface area (Å²) in [7, 11) is 0. The van der Waals surface area contributed by atoms with E-state index in [1.807, 2.05) is 0 Å². The molecule has 0 saturated heterocycles. The van der Waals surface area contributed by atoms with E-state index >= 15 is 0 Å². The van der Waals surface area contributed by atoms with Gasteiger partial charge >= 0.3 is 0 Å². The Kier molecular flexibility index (Phi) is 4.67. The molecule has 0 bridgehead atoms. The molecule has 0 fully saturated rings. The minimum absolute atomic E-state index is 1.17. The Bertz CT molecular complexity index is 2460. The van der Waals surface area contributed by atoms with Crippen molar-refractivity contribution in [2.24, 2.45) is 0 Å². The zero-order valence-corrected chi connectivity index (χ0v) is 22.4. The predicted octanol–water partition coefficient (Wildman–Crippen LogP) is 11.1. The summed E-state index contributed by atoms with van der Waals surface area (Å²) in [6.45, 7) is 0. The van der Waals surface area contributed by atoms with Crippen molar-refractivity contribution in [2.45, 2.75) is 0 Å². The van der Waals surface area contributed by atoms with Gasteiger partial charge in [0.05, 0.1) is 11.0 Å². The van der Waals surface area contributed by atoms with Gasteiger partial charge in [-0.15, -0.1) is 0 Å². The van der Waals surface area contributed by atoms with E-state index in [0.717, 1.165) is 0 Å². The minimum Gasteiger partial charge on any atom is -0.309 e. The lowest BCUT2D eigenvalue weighted by Crippen LogP contribution is -1.95. The molecule has 8 aromatic carbocycles. The van der Waals surface area contributed by atoms with Gasteiger partial charge in [0.2, 0.25) is 0 Å². The maximum Gasteiger partial charge on any atom is 0.0626 e. The Balaban J connectivity index is 1.37. The van der Waals surface area contributed by atoms with Crippen LogP contribution in [0.25, 0.3) is 81.7 Å². The lowest BCUT2D eigenvalue weighted by molar-refractivity contribution is 1.19. The summed E-state index contributed by atoms with van der Waals surface area (Å²) in [5, 5.41) is 12.9. The fourth-order valence-electron chi connectivity index (χ4n) is 6.89. The van der Waals surface area contributed by atoms with Gasteiger partial charge in [-0.05, 0) is 73.1 Å². The summed E-state index contributed by atoms with van der Waals surface area (Å²) in [6.07, 6.45) is 0. The summed E-state index contributed by atoms with van der Waals surface area (Å²) in [6, 6.07) is 55.5. The number of hydrogen-bond acceptors (Lipinski definition) is 0. The second-order valence-electron chi connectivity index (χ2n) is 10.9. The second kappa shape index (κ2) is 8.55. The number of rotatable bonds is 2. The Morgan fingerprint density at radius 2 is 0.927 bits per heavy atom. The number of aromatic nitrogens is 1. The average Bonchev–Trinajstić information content (AvgIpc) is 3.40. The molecule has 0 spiro atoms. The fourth-order valence-corrected chi connectivity index (χ4v) is 6.89. The second-order valence-corrected chi connectivity index (χ2v) is 10.9. The van der Waals surface area contributed by atoms with Gasteiger partial charge in [0.15, 0.2) is 0 Å². The van der Waals surface area contributed by atoms with Crippen molar-refractivity contribution in [3.63, 3.8) is 0 Å². The molecule has 0 aliphatic carbocycles. The van der Waals surface area contributed by atoms with Crippen molar-refractivity contribution in [1.82, 2.24) is 4.57 Å². The number of benzene rings is 8. The summed E-state index contributed by atoms with van der Waals surface area (Å²) >= 11 is 0. The van der Waals surface area contributed by atoms with E-state index in [9.17, 15) is 0 Å². The highest BCUT2D eigenvalue weighted by Gasteiger charge is 2.19. The van der Waals surface area contributed by atoms with Crippen molar-refractivity contribution >= 4 is 64.9 Å². The van der Waals surface area contributed by atoms with E-state index in [1.165, 1.54) is 81.7 Å². The summed E-state index contributed by atoms with van der Waals surface area (Å²) in [4.78, 5) is 0. The van der Waals surface area contributed by atoms with Gasteiger partial charge in [0, 0.05) is 21.8 Å². The number of hydrogen-bond donors (Lipinski definition) is 0. The van der Waals surface area contributed by atoms with E-state index in [-0.39, 0.29) is 0 Å². The largest absolute Gasteiger partial charge is 0.309 e. The third-order valence-corrected chi connectivity index (χ3v) is 8.73. The summed E-state index contributed by atoms with van der Waals surface area (Å²) in [5.74, 6) is 0. The number of nitrogens with zero attached hydrogens (tertiary/aromatic N) is 1. The molecule has 0 N–H and O–H groups in total. The smallest absolute Gasteiger partial charge is 0.0626 e. The van der Waals surface area contributed by atoms with Crippen LogP contribution in [-0.2, 0) is 0 Å². The molecule has 41 heavy (non-hydrogen) atoms. The highest BCUT2D eigenvalue weighted by molar-refractivity contribution is 6.35. The van der Waals surface area contributed by atoms with Crippen LogP contribution in [0.4, 0.5) is 0 Å². The Hall–Kier alpha value is -5.40. The van der Waals surface area contributed by atoms with Crippen LogP contribution in [0.2, 0.25) is 0 Å². The molecule has 1 aromatic heterocycles. The van der Waals surface area contributed by atoms with Crippen LogP contribution in [0.1, 0.15) is 0 Å². The van der Waals surface area contributed by atoms with Gasteiger partial charge in [-0.25, -0.2) is 0 Å². The van der Waals surface area contributed by atoms with Gasteiger partial charge < -0.3 is 4.57 Å². The molecule has 0 atom stereocenters. The molecular formula is C40H25N. The van der Waals surface area contributed by atoms with Crippen molar-refractivity contribution in [1.29, 1.82) is 0 Å². The first-order valence-electron chi connectivity index (χ1n) is 14.2. The van der Waals surface area contributed by atoms with E-state index in [1.54, 1.807) is 0 Å². The average molecular weight is 520 g/mol. The first kappa shape index (κ1) is 22.4. The maximum absolute atomic E-state index is 2.47. The summed E-state index contributed by atoms with van der Waals surface area (Å²) < 4.78 is 2.47. The minimum atomic E-state index is 1.17. The zero-order chi connectivity index (χ0) is 26.9. The van der Waals surface area contributed by atoms with Crippen molar-refractivity contribution in [2.75, 3.05) is 0 Å². The molecule has 0 aliphatic heterocycles. The lowest BCUT2D eigenvalue weighted by Gasteiger charge is -2.14. The molecule has 0 amide bonds. The van der Waals surface area contributed by atoms with Crippen LogP contribution in [0.5, 0.6) is 0 Å². The molecule has 0 aliphatic rings. The van der Waals surface area contributed by atoms with Crippen molar-refractivity contribution < 1.29 is 0 Å². The van der Waals surface area contributed by atoms with Gasteiger partial charge in [0.1, 0.15) is 0 Å². The van der Waals surface area contributed by atoms with Crippen LogP contribution in [0, 0.1) is 0 Å². The molecule has 1 heterocycles. The van der Waals surface area contributed by atoms with E-state index in [2.05, 4.69) is 156 Å². The number of fused-ring (bicyclic) bond motifs is 11. The van der Waals surface area contributed by atoms with Crippen molar-refractivity contribution in [3.8, 4) is 16.8 Å². The van der Waals surface area contributed by atoms with Crippen LogP contribution in [0.15, 0.2) is 152 Å². The monoisotopic (exact) mass is 519 g/mol. The van der Waals surface area contributed by atoms with Gasteiger partial charge in [-0.1, -0.05) is 127 Å². The van der Waals surface area contributed by atoms with Crippen LogP contribution in [0.3, 0.4) is 0 Å². The highest BCUT2D eigenvalue weighted by Crippen LogP contribution is 2.44. The van der Waals surface area contributed by atoms with Crippen LogP contribution >= 0.6 is 0 Å². The zero-order valence-electron chi connectivity index (χ0n) is 22.4. The van der Waals surface area contributed by atoms with Crippen LogP contribution in [-0.4, -0.2) is 4.57 Å².